The molecule has 0 spiro atoms. The Balaban J connectivity index is 1.96. The van der Waals surface area contributed by atoms with Gasteiger partial charge < -0.3 is 10.1 Å². The van der Waals surface area contributed by atoms with Crippen LogP contribution in [0.1, 0.15) is 37.9 Å². The van der Waals surface area contributed by atoms with Gasteiger partial charge >= 0.3 is 0 Å². The van der Waals surface area contributed by atoms with Crippen molar-refractivity contribution in [3.05, 3.63) is 64.7 Å². The summed E-state index contributed by atoms with van der Waals surface area (Å²) in [6.07, 6.45) is 0.129. The lowest BCUT2D eigenvalue weighted by atomic mass is 10.1. The molecule has 0 saturated carbocycles. The van der Waals surface area contributed by atoms with E-state index >= 15 is 0 Å². The van der Waals surface area contributed by atoms with Crippen LogP contribution in [0.2, 0.25) is 5.02 Å². The second kappa shape index (κ2) is 7.48. The van der Waals surface area contributed by atoms with Crippen molar-refractivity contribution in [1.82, 2.24) is 5.32 Å². The average molecular weight is 304 g/mol. The van der Waals surface area contributed by atoms with Gasteiger partial charge in [0.1, 0.15) is 5.75 Å². The highest BCUT2D eigenvalue weighted by Crippen LogP contribution is 2.26. The van der Waals surface area contributed by atoms with Gasteiger partial charge in [-0.25, -0.2) is 0 Å². The number of hydrogen-bond donors (Lipinski definition) is 1. The molecular formula is C18H22ClNO. The normalized spacial score (nSPS) is 12.4. The molecule has 0 aliphatic heterocycles. The fourth-order valence-electron chi connectivity index (χ4n) is 2.13. The molecule has 21 heavy (non-hydrogen) atoms. The molecule has 112 valence electrons. The lowest BCUT2D eigenvalue weighted by molar-refractivity contribution is 0.242. The number of halogens is 1. The van der Waals surface area contributed by atoms with Gasteiger partial charge in [-0.2, -0.15) is 0 Å². The van der Waals surface area contributed by atoms with Gasteiger partial charge in [0.2, 0.25) is 0 Å². The largest absolute Gasteiger partial charge is 0.489 e. The third-order valence-corrected chi connectivity index (χ3v) is 3.57. The molecule has 2 nitrogen and oxygen atoms in total. The number of nitrogens with one attached hydrogen (secondary N) is 1. The maximum atomic E-state index is 6.25. The van der Waals surface area contributed by atoms with Crippen LogP contribution in [-0.4, -0.2) is 6.10 Å². The molecule has 2 rings (SSSR count). The molecule has 2 aromatic rings. The molecule has 1 atom stereocenters. The molecule has 3 heteroatoms. The zero-order chi connectivity index (χ0) is 15.2. The Morgan fingerprint density at radius 2 is 1.76 bits per heavy atom. The predicted molar refractivity (Wildman–Crippen MR) is 88.9 cm³/mol. The van der Waals surface area contributed by atoms with Crippen molar-refractivity contribution >= 4 is 11.6 Å². The van der Waals surface area contributed by atoms with Gasteiger partial charge in [-0.15, -0.1) is 0 Å². The smallest absolute Gasteiger partial charge is 0.138 e. The minimum absolute atomic E-state index is 0.129. The van der Waals surface area contributed by atoms with Crippen LogP contribution in [0.4, 0.5) is 0 Å². The second-order valence-electron chi connectivity index (χ2n) is 5.44. The van der Waals surface area contributed by atoms with Crippen molar-refractivity contribution in [1.29, 1.82) is 0 Å². The van der Waals surface area contributed by atoms with Gasteiger partial charge in [0.05, 0.1) is 11.1 Å². The van der Waals surface area contributed by atoms with Gasteiger partial charge in [-0.3, -0.25) is 0 Å². The minimum atomic E-state index is 0.129. The molecule has 0 saturated heterocycles. The first-order valence-corrected chi connectivity index (χ1v) is 7.67. The monoisotopic (exact) mass is 303 g/mol. The van der Waals surface area contributed by atoms with E-state index in [-0.39, 0.29) is 6.10 Å². The Kier molecular flexibility index (Phi) is 5.66. The minimum Gasteiger partial charge on any atom is -0.489 e. The highest BCUT2D eigenvalue weighted by atomic mass is 35.5. The van der Waals surface area contributed by atoms with Crippen molar-refractivity contribution in [2.24, 2.45) is 0 Å². The van der Waals surface area contributed by atoms with E-state index in [1.165, 1.54) is 5.56 Å². The highest BCUT2D eigenvalue weighted by molar-refractivity contribution is 6.32. The zero-order valence-corrected chi connectivity index (χ0v) is 13.5. The summed E-state index contributed by atoms with van der Waals surface area (Å²) in [6.45, 7) is 6.92. The lowest BCUT2D eigenvalue weighted by Gasteiger charge is -2.15. The Morgan fingerprint density at radius 3 is 2.38 bits per heavy atom. The molecule has 0 amide bonds. The van der Waals surface area contributed by atoms with Gasteiger partial charge in [-0.1, -0.05) is 48.0 Å². The molecule has 1 N–H and O–H groups in total. The van der Waals surface area contributed by atoms with Crippen LogP contribution >= 0.6 is 11.6 Å². The van der Waals surface area contributed by atoms with Crippen LogP contribution in [0.15, 0.2) is 48.5 Å². The standard InChI is InChI=1S/C18H22ClNO/c1-13(2)21-18-10-9-15(11-17(18)19)12-20-14(3)16-7-5-4-6-8-16/h4-11,13-14,20H,12H2,1-3H3. The topological polar surface area (TPSA) is 21.3 Å². The first-order chi connectivity index (χ1) is 10.1. The molecule has 0 bridgehead atoms. The van der Waals surface area contributed by atoms with E-state index in [0.717, 1.165) is 17.9 Å². The lowest BCUT2D eigenvalue weighted by Crippen LogP contribution is -2.18. The summed E-state index contributed by atoms with van der Waals surface area (Å²) in [5.41, 5.74) is 2.43. The summed E-state index contributed by atoms with van der Waals surface area (Å²) in [5.74, 6) is 0.742. The quantitative estimate of drug-likeness (QED) is 0.813. The van der Waals surface area contributed by atoms with Gasteiger partial charge in [-0.05, 0) is 44.0 Å². The summed E-state index contributed by atoms with van der Waals surface area (Å²) in [5, 5.41) is 4.17. The first kappa shape index (κ1) is 15.9. The van der Waals surface area contributed by atoms with E-state index in [4.69, 9.17) is 16.3 Å². The molecule has 0 heterocycles. The van der Waals surface area contributed by atoms with Crippen LogP contribution in [0, 0.1) is 0 Å². The Labute approximate surface area is 132 Å². The van der Waals surface area contributed by atoms with E-state index in [9.17, 15) is 0 Å². The second-order valence-corrected chi connectivity index (χ2v) is 5.85. The van der Waals surface area contributed by atoms with Crippen molar-refractivity contribution in [2.75, 3.05) is 0 Å². The SMILES string of the molecule is CC(C)Oc1ccc(CNC(C)c2ccccc2)cc1Cl. The zero-order valence-electron chi connectivity index (χ0n) is 12.8. The predicted octanol–water partition coefficient (Wildman–Crippen LogP) is 4.98. The van der Waals surface area contributed by atoms with E-state index < -0.39 is 0 Å². The number of hydrogen-bond acceptors (Lipinski definition) is 2. The van der Waals surface area contributed by atoms with E-state index in [1.807, 2.05) is 38.1 Å². The maximum absolute atomic E-state index is 6.25. The molecular weight excluding hydrogens is 282 g/mol. The third kappa shape index (κ3) is 4.76. The molecule has 1 unspecified atom stereocenters. The van der Waals surface area contributed by atoms with Crippen molar-refractivity contribution in [2.45, 2.75) is 39.5 Å². The van der Waals surface area contributed by atoms with Crippen molar-refractivity contribution < 1.29 is 4.74 Å². The van der Waals surface area contributed by atoms with Crippen LogP contribution in [0.25, 0.3) is 0 Å². The molecule has 0 aromatic heterocycles. The van der Waals surface area contributed by atoms with E-state index in [0.29, 0.717) is 11.1 Å². The Bertz CT molecular complexity index is 569. The van der Waals surface area contributed by atoms with Crippen LogP contribution in [0.5, 0.6) is 5.75 Å². The van der Waals surface area contributed by atoms with Gasteiger partial charge in [0, 0.05) is 12.6 Å². The van der Waals surface area contributed by atoms with E-state index in [1.54, 1.807) is 0 Å². The summed E-state index contributed by atoms with van der Waals surface area (Å²) in [6, 6.07) is 16.7. The van der Waals surface area contributed by atoms with Crippen molar-refractivity contribution in [3.63, 3.8) is 0 Å². The highest BCUT2D eigenvalue weighted by Gasteiger charge is 2.07. The van der Waals surface area contributed by atoms with E-state index in [2.05, 4.69) is 36.5 Å². The van der Waals surface area contributed by atoms with Crippen LogP contribution < -0.4 is 10.1 Å². The van der Waals surface area contributed by atoms with Gasteiger partial charge in [0.15, 0.2) is 0 Å². The maximum Gasteiger partial charge on any atom is 0.138 e. The number of ether oxygens (including phenoxy) is 1. The Morgan fingerprint density at radius 1 is 1.05 bits per heavy atom. The molecule has 0 aliphatic carbocycles. The van der Waals surface area contributed by atoms with Crippen LogP contribution in [-0.2, 0) is 6.54 Å². The van der Waals surface area contributed by atoms with Crippen molar-refractivity contribution in [3.8, 4) is 5.75 Å². The number of rotatable bonds is 6. The average Bonchev–Trinajstić information content (AvgIpc) is 2.48. The summed E-state index contributed by atoms with van der Waals surface area (Å²) < 4.78 is 5.64. The van der Waals surface area contributed by atoms with Gasteiger partial charge in [0.25, 0.3) is 0 Å². The molecule has 0 radical (unpaired) electrons. The summed E-state index contributed by atoms with van der Waals surface area (Å²) >= 11 is 6.25. The van der Waals surface area contributed by atoms with Crippen LogP contribution in [0.3, 0.4) is 0 Å². The fourth-order valence-corrected chi connectivity index (χ4v) is 2.38. The molecule has 2 aromatic carbocycles. The fraction of sp³-hybridized carbons (Fsp3) is 0.333. The third-order valence-electron chi connectivity index (χ3n) is 3.27. The number of benzene rings is 2. The molecule has 0 fully saturated rings. The Hall–Kier alpha value is -1.51. The molecule has 0 aliphatic rings. The summed E-state index contributed by atoms with van der Waals surface area (Å²) in [4.78, 5) is 0. The summed E-state index contributed by atoms with van der Waals surface area (Å²) in [7, 11) is 0. The first-order valence-electron chi connectivity index (χ1n) is 7.29.